The maximum Gasteiger partial charge on any atom is 0.271 e. The van der Waals surface area contributed by atoms with Crippen LogP contribution in [0.2, 0.25) is 10.0 Å². The standard InChI is InChI=1S/C17H12Cl2N4O3S3/c1-9(15(24)20-14-7-6-12(23(25)26)8-13(14)19)28-16-21-22(17(27)29-16)11-4-2-10(18)3-5-11/h2-9H,1H3,(H,20,24). The number of hydrogen-bond acceptors (Lipinski definition) is 7. The number of hydrogen-bond donors (Lipinski definition) is 1. The Hall–Kier alpha value is -1.98. The van der Waals surface area contributed by atoms with Gasteiger partial charge in [0.05, 0.1) is 26.6 Å². The fraction of sp³-hybridized carbons (Fsp3) is 0.118. The quantitative estimate of drug-likeness (QED) is 0.199. The largest absolute Gasteiger partial charge is 0.324 e. The molecular weight excluding hydrogens is 475 g/mol. The van der Waals surface area contributed by atoms with Crippen molar-refractivity contribution >= 4 is 75.8 Å². The van der Waals surface area contributed by atoms with Gasteiger partial charge in [0, 0.05) is 17.2 Å². The Morgan fingerprint density at radius 2 is 2.00 bits per heavy atom. The lowest BCUT2D eigenvalue weighted by atomic mass is 10.2. The lowest BCUT2D eigenvalue weighted by Gasteiger charge is -2.11. The predicted molar refractivity (Wildman–Crippen MR) is 119 cm³/mol. The SMILES string of the molecule is CC(Sc1nn(-c2ccc(Cl)cc2)c(=S)s1)C(=O)Nc1ccc([N+](=O)[O-])cc1Cl. The van der Waals surface area contributed by atoms with Gasteiger partial charge >= 0.3 is 0 Å². The molecule has 3 aromatic rings. The first-order chi connectivity index (χ1) is 13.7. The fourth-order valence-corrected chi connectivity index (χ4v) is 5.07. The highest BCUT2D eigenvalue weighted by Gasteiger charge is 2.19. The monoisotopic (exact) mass is 486 g/mol. The minimum Gasteiger partial charge on any atom is -0.324 e. The van der Waals surface area contributed by atoms with Gasteiger partial charge in [-0.05, 0) is 49.5 Å². The zero-order valence-electron chi connectivity index (χ0n) is 14.7. The number of carbonyl (C=O) groups excluding carboxylic acids is 1. The first kappa shape index (κ1) is 21.7. The van der Waals surface area contributed by atoms with Gasteiger partial charge in [-0.15, -0.1) is 5.10 Å². The summed E-state index contributed by atoms with van der Waals surface area (Å²) in [6.07, 6.45) is 0. The fourth-order valence-electron chi connectivity index (χ4n) is 2.21. The van der Waals surface area contributed by atoms with E-state index in [2.05, 4.69) is 10.4 Å². The van der Waals surface area contributed by atoms with E-state index in [0.717, 1.165) is 5.69 Å². The lowest BCUT2D eigenvalue weighted by Crippen LogP contribution is -2.22. The third-order valence-corrected chi connectivity index (χ3v) is 6.65. The van der Waals surface area contributed by atoms with E-state index in [1.807, 2.05) is 0 Å². The Morgan fingerprint density at radius 1 is 1.31 bits per heavy atom. The van der Waals surface area contributed by atoms with Crippen LogP contribution in [-0.2, 0) is 4.79 Å². The molecule has 150 valence electrons. The van der Waals surface area contributed by atoms with Crippen LogP contribution in [-0.4, -0.2) is 25.9 Å². The normalized spacial score (nSPS) is 11.8. The van der Waals surface area contributed by atoms with Crippen molar-refractivity contribution in [3.8, 4) is 5.69 Å². The van der Waals surface area contributed by atoms with Crippen LogP contribution in [0.3, 0.4) is 0 Å². The average Bonchev–Trinajstić information content (AvgIpc) is 3.03. The molecule has 1 heterocycles. The number of aromatic nitrogens is 2. The summed E-state index contributed by atoms with van der Waals surface area (Å²) in [6.45, 7) is 1.72. The molecule has 1 unspecified atom stereocenters. The molecule has 2 aromatic carbocycles. The Labute approximate surface area is 188 Å². The number of nitro groups is 1. The van der Waals surface area contributed by atoms with E-state index in [0.29, 0.717) is 19.0 Å². The molecule has 1 amide bonds. The maximum atomic E-state index is 12.5. The molecule has 0 spiro atoms. The van der Waals surface area contributed by atoms with Crippen molar-refractivity contribution in [3.63, 3.8) is 0 Å². The van der Waals surface area contributed by atoms with E-state index >= 15 is 0 Å². The van der Waals surface area contributed by atoms with Crippen LogP contribution < -0.4 is 5.32 Å². The summed E-state index contributed by atoms with van der Waals surface area (Å²) in [5.41, 5.74) is 0.925. The minimum atomic E-state index is -0.555. The number of nitrogens with zero attached hydrogens (tertiary/aromatic N) is 3. The topological polar surface area (TPSA) is 90.1 Å². The molecule has 0 fully saturated rings. The first-order valence-corrected chi connectivity index (χ1v) is 10.9. The molecule has 0 saturated carbocycles. The molecule has 3 rings (SSSR count). The van der Waals surface area contributed by atoms with Crippen LogP contribution in [0, 0.1) is 14.1 Å². The number of anilines is 1. The molecule has 0 aliphatic carbocycles. The third-order valence-electron chi connectivity index (χ3n) is 3.67. The van der Waals surface area contributed by atoms with E-state index in [1.165, 1.54) is 41.3 Å². The number of nitrogens with one attached hydrogen (secondary N) is 1. The summed E-state index contributed by atoms with van der Waals surface area (Å²) in [7, 11) is 0. The highest BCUT2D eigenvalue weighted by atomic mass is 35.5. The minimum absolute atomic E-state index is 0.0902. The van der Waals surface area contributed by atoms with Gasteiger partial charge in [0.25, 0.3) is 5.69 Å². The molecule has 12 heteroatoms. The van der Waals surface area contributed by atoms with Gasteiger partial charge < -0.3 is 5.32 Å². The van der Waals surface area contributed by atoms with Gasteiger partial charge in [0.2, 0.25) is 5.91 Å². The van der Waals surface area contributed by atoms with Gasteiger partial charge in [-0.2, -0.15) is 0 Å². The zero-order valence-corrected chi connectivity index (χ0v) is 18.6. The van der Waals surface area contributed by atoms with Crippen molar-refractivity contribution in [2.24, 2.45) is 0 Å². The molecule has 0 aliphatic rings. The summed E-state index contributed by atoms with van der Waals surface area (Å²) in [4.78, 5) is 22.7. The van der Waals surface area contributed by atoms with E-state index in [9.17, 15) is 14.9 Å². The first-order valence-electron chi connectivity index (χ1n) is 8.02. The number of non-ortho nitro benzene ring substituents is 1. The lowest BCUT2D eigenvalue weighted by molar-refractivity contribution is -0.384. The summed E-state index contributed by atoms with van der Waals surface area (Å²) in [5, 5.41) is 18.1. The van der Waals surface area contributed by atoms with Crippen molar-refractivity contribution in [2.75, 3.05) is 5.32 Å². The zero-order chi connectivity index (χ0) is 21.1. The van der Waals surface area contributed by atoms with Crippen LogP contribution in [0.1, 0.15) is 6.92 Å². The molecule has 1 N–H and O–H groups in total. The second kappa shape index (κ2) is 9.23. The maximum absolute atomic E-state index is 12.5. The summed E-state index contributed by atoms with van der Waals surface area (Å²) < 4.78 is 2.78. The summed E-state index contributed by atoms with van der Waals surface area (Å²) in [5.74, 6) is -0.315. The Bertz CT molecular complexity index is 1130. The molecule has 1 aromatic heterocycles. The Balaban J connectivity index is 1.70. The van der Waals surface area contributed by atoms with Crippen molar-refractivity contribution in [2.45, 2.75) is 16.5 Å². The number of amides is 1. The summed E-state index contributed by atoms with van der Waals surface area (Å²) in [6, 6.07) is 11.0. The van der Waals surface area contributed by atoms with Crippen molar-refractivity contribution in [1.29, 1.82) is 0 Å². The summed E-state index contributed by atoms with van der Waals surface area (Å²) >= 11 is 19.8. The highest BCUT2D eigenvalue weighted by Crippen LogP contribution is 2.30. The molecule has 0 bridgehead atoms. The molecule has 1 atom stereocenters. The average molecular weight is 487 g/mol. The number of rotatable bonds is 6. The second-order valence-corrected chi connectivity index (χ2v) is 9.75. The number of nitro benzene ring substituents is 1. The van der Waals surface area contributed by atoms with Crippen LogP contribution >= 0.6 is 58.5 Å². The van der Waals surface area contributed by atoms with E-state index in [1.54, 1.807) is 35.9 Å². The van der Waals surface area contributed by atoms with Gasteiger partial charge in [-0.1, -0.05) is 46.3 Å². The molecule has 7 nitrogen and oxygen atoms in total. The van der Waals surface area contributed by atoms with Gasteiger partial charge in [-0.3, -0.25) is 14.9 Å². The van der Waals surface area contributed by atoms with Crippen LogP contribution in [0.5, 0.6) is 0 Å². The van der Waals surface area contributed by atoms with E-state index in [-0.39, 0.29) is 16.6 Å². The Morgan fingerprint density at radius 3 is 2.62 bits per heavy atom. The molecule has 0 aliphatic heterocycles. The third kappa shape index (κ3) is 5.34. The smallest absolute Gasteiger partial charge is 0.271 e. The number of benzene rings is 2. The number of halogens is 2. The van der Waals surface area contributed by atoms with Crippen molar-refractivity contribution < 1.29 is 9.72 Å². The predicted octanol–water partition coefficient (Wildman–Crippen LogP) is 6.00. The van der Waals surface area contributed by atoms with Crippen LogP contribution in [0.4, 0.5) is 11.4 Å². The number of thioether (sulfide) groups is 1. The van der Waals surface area contributed by atoms with Gasteiger partial charge in [0.15, 0.2) is 8.29 Å². The van der Waals surface area contributed by atoms with Gasteiger partial charge in [-0.25, -0.2) is 4.68 Å². The molecular formula is C17H12Cl2N4O3S3. The Kier molecular flexibility index (Phi) is 6.91. The second-order valence-electron chi connectivity index (χ2n) is 5.69. The van der Waals surface area contributed by atoms with E-state index < -0.39 is 10.2 Å². The van der Waals surface area contributed by atoms with Crippen LogP contribution in [0.25, 0.3) is 5.69 Å². The molecule has 0 radical (unpaired) electrons. The van der Waals surface area contributed by atoms with Crippen molar-refractivity contribution in [3.05, 3.63) is 66.6 Å². The number of carbonyl (C=O) groups is 1. The van der Waals surface area contributed by atoms with Crippen molar-refractivity contribution in [1.82, 2.24) is 9.78 Å². The van der Waals surface area contributed by atoms with Gasteiger partial charge in [0.1, 0.15) is 0 Å². The molecule has 0 saturated heterocycles. The molecule has 29 heavy (non-hydrogen) atoms. The van der Waals surface area contributed by atoms with E-state index in [4.69, 9.17) is 35.4 Å². The van der Waals surface area contributed by atoms with Crippen LogP contribution in [0.15, 0.2) is 46.8 Å². The highest BCUT2D eigenvalue weighted by molar-refractivity contribution is 8.02.